The Morgan fingerprint density at radius 2 is 2.10 bits per heavy atom. The van der Waals surface area contributed by atoms with Crippen LogP contribution in [0.1, 0.15) is 32.1 Å². The highest BCUT2D eigenvalue weighted by molar-refractivity contribution is 7.98. The monoisotopic (exact) mass is 311 g/mol. The molecule has 0 heterocycles. The minimum atomic E-state index is -4.07. The molecular formula is C13H24F3N3S. The molecule has 0 amide bonds. The molecule has 0 bridgehead atoms. The van der Waals surface area contributed by atoms with Crippen molar-refractivity contribution in [1.82, 2.24) is 10.6 Å². The van der Waals surface area contributed by atoms with Gasteiger partial charge in [-0.15, -0.1) is 0 Å². The van der Waals surface area contributed by atoms with E-state index in [0.717, 1.165) is 25.1 Å². The van der Waals surface area contributed by atoms with Crippen molar-refractivity contribution in [2.24, 2.45) is 10.9 Å². The van der Waals surface area contributed by atoms with Crippen molar-refractivity contribution in [1.29, 1.82) is 0 Å². The zero-order valence-corrected chi connectivity index (χ0v) is 12.9. The average Bonchev–Trinajstić information content (AvgIpc) is 2.41. The Hall–Kier alpha value is -0.590. The van der Waals surface area contributed by atoms with Gasteiger partial charge in [-0.25, -0.2) is 0 Å². The van der Waals surface area contributed by atoms with Crippen molar-refractivity contribution in [3.8, 4) is 0 Å². The van der Waals surface area contributed by atoms with Crippen LogP contribution in [0.15, 0.2) is 4.99 Å². The molecule has 20 heavy (non-hydrogen) atoms. The highest BCUT2D eigenvalue weighted by Crippen LogP contribution is 2.37. The van der Waals surface area contributed by atoms with E-state index in [9.17, 15) is 13.2 Å². The summed E-state index contributed by atoms with van der Waals surface area (Å²) in [5, 5.41) is 6.27. The second kappa shape index (κ2) is 8.64. The van der Waals surface area contributed by atoms with Crippen molar-refractivity contribution in [2.75, 3.05) is 25.6 Å². The first-order chi connectivity index (χ1) is 9.47. The van der Waals surface area contributed by atoms with Crippen LogP contribution in [0.2, 0.25) is 0 Å². The number of hydrogen-bond acceptors (Lipinski definition) is 2. The number of alkyl halides is 3. The van der Waals surface area contributed by atoms with E-state index in [1.165, 1.54) is 0 Å². The number of nitrogens with one attached hydrogen (secondary N) is 2. The fraction of sp³-hybridized carbons (Fsp3) is 0.923. The number of hydrogen-bond donors (Lipinski definition) is 2. The molecule has 7 heteroatoms. The molecule has 0 saturated heterocycles. The van der Waals surface area contributed by atoms with Gasteiger partial charge in [0.25, 0.3) is 0 Å². The molecule has 0 aromatic rings. The molecule has 0 radical (unpaired) electrons. The maximum atomic E-state index is 12.7. The lowest BCUT2D eigenvalue weighted by atomic mass is 9.85. The molecule has 1 aliphatic rings. The second-order valence-electron chi connectivity index (χ2n) is 5.09. The van der Waals surface area contributed by atoms with E-state index < -0.39 is 12.1 Å². The largest absolute Gasteiger partial charge is 0.391 e. The fourth-order valence-electron chi connectivity index (χ4n) is 2.43. The summed E-state index contributed by atoms with van der Waals surface area (Å²) in [5.74, 6) is 0.492. The lowest BCUT2D eigenvalue weighted by Gasteiger charge is -2.31. The predicted molar refractivity (Wildman–Crippen MR) is 79.3 cm³/mol. The molecule has 1 rings (SSSR count). The van der Waals surface area contributed by atoms with E-state index in [1.54, 1.807) is 18.8 Å². The third kappa shape index (κ3) is 6.24. The number of aliphatic imine (C=N–C) groups is 1. The molecule has 118 valence electrons. The molecule has 1 fully saturated rings. The Morgan fingerprint density at radius 1 is 1.35 bits per heavy atom. The topological polar surface area (TPSA) is 36.4 Å². The van der Waals surface area contributed by atoms with Crippen molar-refractivity contribution in [3.05, 3.63) is 0 Å². The highest BCUT2D eigenvalue weighted by Gasteiger charge is 2.42. The SMILES string of the molecule is CN=C(NCCCSC)NC1CCCC(C(F)(F)F)C1. The molecule has 1 saturated carbocycles. The molecule has 0 aromatic heterocycles. The van der Waals surface area contributed by atoms with Crippen molar-refractivity contribution >= 4 is 17.7 Å². The van der Waals surface area contributed by atoms with E-state index in [2.05, 4.69) is 15.6 Å². The summed E-state index contributed by atoms with van der Waals surface area (Å²) >= 11 is 1.77. The van der Waals surface area contributed by atoms with Gasteiger partial charge >= 0.3 is 6.18 Å². The van der Waals surface area contributed by atoms with E-state index in [4.69, 9.17) is 0 Å². The number of thioether (sulfide) groups is 1. The van der Waals surface area contributed by atoms with Crippen LogP contribution in [0.25, 0.3) is 0 Å². The quantitative estimate of drug-likeness (QED) is 0.465. The van der Waals surface area contributed by atoms with E-state index in [-0.39, 0.29) is 18.9 Å². The Labute approximate surface area is 123 Å². The summed E-state index contributed by atoms with van der Waals surface area (Å²) in [5.41, 5.74) is 0. The number of halogens is 3. The summed E-state index contributed by atoms with van der Waals surface area (Å²) in [4.78, 5) is 4.07. The Bertz CT molecular complexity index is 308. The standard InChI is InChI=1S/C13H24F3N3S/c1-17-12(18-7-4-8-20-2)19-11-6-3-5-10(9-11)13(14,15)16/h10-11H,3-9H2,1-2H3,(H2,17,18,19). The van der Waals surface area contributed by atoms with Crippen LogP contribution in [-0.4, -0.2) is 43.8 Å². The minimum absolute atomic E-state index is 0.137. The fourth-order valence-corrected chi connectivity index (χ4v) is 2.86. The molecular weight excluding hydrogens is 287 g/mol. The van der Waals surface area contributed by atoms with Crippen LogP contribution in [0.4, 0.5) is 13.2 Å². The van der Waals surface area contributed by atoms with Crippen molar-refractivity contribution in [3.63, 3.8) is 0 Å². The number of nitrogens with zero attached hydrogens (tertiary/aromatic N) is 1. The lowest BCUT2D eigenvalue weighted by molar-refractivity contribution is -0.183. The summed E-state index contributed by atoms with van der Waals surface area (Å²) in [6.07, 6.45) is 0.777. The van der Waals surface area contributed by atoms with E-state index in [0.29, 0.717) is 12.4 Å². The van der Waals surface area contributed by atoms with Gasteiger partial charge in [0.15, 0.2) is 5.96 Å². The van der Waals surface area contributed by atoms with E-state index >= 15 is 0 Å². The molecule has 2 atom stereocenters. The molecule has 3 nitrogen and oxygen atoms in total. The third-order valence-corrected chi connectivity index (χ3v) is 4.22. The van der Waals surface area contributed by atoms with Crippen LogP contribution in [0.5, 0.6) is 0 Å². The molecule has 2 N–H and O–H groups in total. The summed E-state index contributed by atoms with van der Waals surface area (Å²) in [6, 6.07) is -0.137. The molecule has 0 spiro atoms. The Kier molecular flexibility index (Phi) is 7.55. The smallest absolute Gasteiger partial charge is 0.356 e. The van der Waals surface area contributed by atoms with Crippen molar-refractivity contribution < 1.29 is 13.2 Å². The summed E-state index contributed by atoms with van der Waals surface area (Å²) in [7, 11) is 1.65. The molecule has 2 unspecified atom stereocenters. The van der Waals surface area contributed by atoms with Gasteiger partial charge in [0.2, 0.25) is 0 Å². The Morgan fingerprint density at radius 3 is 2.70 bits per heavy atom. The summed E-state index contributed by atoms with van der Waals surface area (Å²) < 4.78 is 38.2. The second-order valence-corrected chi connectivity index (χ2v) is 6.08. The van der Waals surface area contributed by atoms with Gasteiger partial charge in [0.1, 0.15) is 0 Å². The average molecular weight is 311 g/mol. The highest BCUT2D eigenvalue weighted by atomic mass is 32.2. The van der Waals surface area contributed by atoms with Crippen LogP contribution < -0.4 is 10.6 Å². The number of rotatable bonds is 5. The Balaban J connectivity index is 2.37. The first-order valence-corrected chi connectivity index (χ1v) is 8.39. The van der Waals surface area contributed by atoms with Gasteiger partial charge in [0.05, 0.1) is 5.92 Å². The van der Waals surface area contributed by atoms with Gasteiger partial charge in [0, 0.05) is 19.6 Å². The van der Waals surface area contributed by atoms with Gasteiger partial charge in [-0.1, -0.05) is 6.42 Å². The van der Waals surface area contributed by atoms with Crippen LogP contribution in [0, 0.1) is 5.92 Å². The van der Waals surface area contributed by atoms with Gasteiger partial charge in [-0.3, -0.25) is 4.99 Å². The van der Waals surface area contributed by atoms with Crippen molar-refractivity contribution in [2.45, 2.75) is 44.3 Å². The van der Waals surface area contributed by atoms with Gasteiger partial charge in [-0.05, 0) is 37.7 Å². The lowest BCUT2D eigenvalue weighted by Crippen LogP contribution is -2.47. The van der Waals surface area contributed by atoms with Gasteiger partial charge in [-0.2, -0.15) is 24.9 Å². The van der Waals surface area contributed by atoms with Gasteiger partial charge < -0.3 is 10.6 Å². The molecule has 0 aromatic carbocycles. The van der Waals surface area contributed by atoms with Crippen LogP contribution >= 0.6 is 11.8 Å². The first kappa shape index (κ1) is 17.5. The maximum absolute atomic E-state index is 12.7. The normalized spacial score (nSPS) is 24.6. The zero-order chi connectivity index (χ0) is 15.0. The maximum Gasteiger partial charge on any atom is 0.391 e. The molecule has 1 aliphatic carbocycles. The minimum Gasteiger partial charge on any atom is -0.356 e. The van der Waals surface area contributed by atoms with Crippen LogP contribution in [-0.2, 0) is 0 Å². The number of guanidine groups is 1. The predicted octanol–water partition coefficient (Wildman–Crippen LogP) is 3.03. The first-order valence-electron chi connectivity index (χ1n) is 7.00. The molecule has 0 aliphatic heterocycles. The third-order valence-electron chi connectivity index (χ3n) is 3.52. The summed E-state index contributed by atoms with van der Waals surface area (Å²) in [6.45, 7) is 0.788. The van der Waals surface area contributed by atoms with E-state index in [1.807, 2.05) is 6.26 Å². The van der Waals surface area contributed by atoms with Crippen LogP contribution in [0.3, 0.4) is 0 Å². The zero-order valence-electron chi connectivity index (χ0n) is 12.1.